The SMILES string of the molecule is Cc1ccc(-c2csc3c2c(=O)n(CC(C)C)c2nnc(SCC(=O)N4CCCCC4C)n32)cc1. The van der Waals surface area contributed by atoms with Crippen molar-refractivity contribution in [2.45, 2.75) is 64.7 Å². The standard InChI is InChI=1S/C26H31N5O2S2/c1-16(2)13-30-23(33)22-20(19-10-8-17(3)9-11-19)14-34-24(22)31-25(30)27-28-26(31)35-15-21(32)29-12-6-5-7-18(29)4/h8-11,14,16,18H,5-7,12-13,15H2,1-4H3. The molecule has 0 aliphatic carbocycles. The summed E-state index contributed by atoms with van der Waals surface area (Å²) >= 11 is 2.93. The summed E-state index contributed by atoms with van der Waals surface area (Å²) in [5, 5.41) is 12.2. The van der Waals surface area contributed by atoms with Crippen molar-refractivity contribution >= 4 is 45.0 Å². The molecule has 0 N–H and O–H groups in total. The molecule has 0 bridgehead atoms. The summed E-state index contributed by atoms with van der Waals surface area (Å²) < 4.78 is 3.71. The first-order valence-electron chi connectivity index (χ1n) is 12.2. The monoisotopic (exact) mass is 509 g/mol. The Hall–Kier alpha value is -2.65. The van der Waals surface area contributed by atoms with Gasteiger partial charge in [0.25, 0.3) is 5.56 Å². The Kier molecular flexibility index (Phi) is 6.72. The van der Waals surface area contributed by atoms with Gasteiger partial charge in [-0.3, -0.25) is 14.2 Å². The summed E-state index contributed by atoms with van der Waals surface area (Å²) in [7, 11) is 0. The predicted octanol–water partition coefficient (Wildman–Crippen LogP) is 5.23. The number of fused-ring (bicyclic) bond motifs is 3. The Morgan fingerprint density at radius 2 is 1.97 bits per heavy atom. The normalized spacial score (nSPS) is 16.6. The number of benzene rings is 1. The first-order valence-corrected chi connectivity index (χ1v) is 14.1. The Bertz CT molecular complexity index is 1430. The van der Waals surface area contributed by atoms with Crippen molar-refractivity contribution in [2.24, 2.45) is 5.92 Å². The fourth-order valence-electron chi connectivity index (χ4n) is 4.81. The van der Waals surface area contributed by atoms with E-state index in [0.29, 0.717) is 28.6 Å². The molecule has 3 aromatic heterocycles. The van der Waals surface area contributed by atoms with Crippen molar-refractivity contribution in [1.82, 2.24) is 24.1 Å². The van der Waals surface area contributed by atoms with E-state index in [9.17, 15) is 9.59 Å². The molecule has 4 aromatic rings. The highest BCUT2D eigenvalue weighted by atomic mass is 32.2. The van der Waals surface area contributed by atoms with E-state index in [0.717, 1.165) is 35.3 Å². The van der Waals surface area contributed by atoms with Gasteiger partial charge in [0.15, 0.2) is 5.16 Å². The van der Waals surface area contributed by atoms with E-state index in [1.807, 2.05) is 14.7 Å². The Morgan fingerprint density at radius 1 is 1.20 bits per heavy atom. The fourth-order valence-corrected chi connectivity index (χ4v) is 6.75. The largest absolute Gasteiger partial charge is 0.339 e. The summed E-state index contributed by atoms with van der Waals surface area (Å²) in [6, 6.07) is 8.54. The fraction of sp³-hybridized carbons (Fsp3) is 0.462. The van der Waals surface area contributed by atoms with E-state index < -0.39 is 0 Å². The molecule has 4 heterocycles. The molecule has 0 radical (unpaired) electrons. The minimum atomic E-state index is -0.0415. The first-order chi connectivity index (χ1) is 16.8. The Labute approximate surface area is 213 Å². The van der Waals surface area contributed by atoms with Crippen LogP contribution < -0.4 is 5.56 Å². The van der Waals surface area contributed by atoms with Gasteiger partial charge in [-0.2, -0.15) is 0 Å². The lowest BCUT2D eigenvalue weighted by atomic mass is 10.0. The van der Waals surface area contributed by atoms with Gasteiger partial charge in [0.2, 0.25) is 11.7 Å². The van der Waals surface area contributed by atoms with Gasteiger partial charge in [-0.15, -0.1) is 21.5 Å². The smallest absolute Gasteiger partial charge is 0.264 e. The van der Waals surface area contributed by atoms with Gasteiger partial charge in [0.1, 0.15) is 4.83 Å². The van der Waals surface area contributed by atoms with Crippen LogP contribution in [0.1, 0.15) is 45.6 Å². The second-order valence-electron chi connectivity index (χ2n) is 9.84. The van der Waals surface area contributed by atoms with Crippen LogP contribution in [0.15, 0.2) is 39.6 Å². The number of carbonyl (C=O) groups is 1. The summed E-state index contributed by atoms with van der Waals surface area (Å²) in [5.74, 6) is 1.25. The van der Waals surface area contributed by atoms with Crippen LogP contribution in [-0.4, -0.2) is 48.3 Å². The molecular formula is C26H31N5O2S2. The van der Waals surface area contributed by atoms with Crippen molar-refractivity contribution in [1.29, 1.82) is 0 Å². The molecule has 9 heteroatoms. The number of thiophene rings is 1. The minimum absolute atomic E-state index is 0.0415. The lowest BCUT2D eigenvalue weighted by Gasteiger charge is -2.33. The van der Waals surface area contributed by atoms with Gasteiger partial charge in [0.05, 0.1) is 11.1 Å². The molecule has 7 nitrogen and oxygen atoms in total. The second kappa shape index (κ2) is 9.78. The van der Waals surface area contributed by atoms with Crippen LogP contribution in [0, 0.1) is 12.8 Å². The van der Waals surface area contributed by atoms with E-state index in [4.69, 9.17) is 0 Å². The third-order valence-electron chi connectivity index (χ3n) is 6.65. The number of carbonyl (C=O) groups excluding carboxylic acids is 1. The zero-order valence-electron chi connectivity index (χ0n) is 20.7. The molecule has 184 valence electrons. The van der Waals surface area contributed by atoms with Crippen LogP contribution in [0.2, 0.25) is 0 Å². The summed E-state index contributed by atoms with van der Waals surface area (Å²) in [4.78, 5) is 29.5. The molecule has 1 fully saturated rings. The number of thioether (sulfide) groups is 1. The van der Waals surface area contributed by atoms with E-state index >= 15 is 0 Å². The van der Waals surface area contributed by atoms with Crippen LogP contribution in [0.3, 0.4) is 0 Å². The predicted molar refractivity (Wildman–Crippen MR) is 143 cm³/mol. The molecular weight excluding hydrogens is 478 g/mol. The molecule has 1 aromatic carbocycles. The van der Waals surface area contributed by atoms with E-state index in [1.165, 1.54) is 35.1 Å². The van der Waals surface area contributed by atoms with E-state index in [2.05, 4.69) is 62.2 Å². The van der Waals surface area contributed by atoms with Crippen LogP contribution >= 0.6 is 23.1 Å². The van der Waals surface area contributed by atoms with Gasteiger partial charge in [-0.25, -0.2) is 4.40 Å². The van der Waals surface area contributed by atoms with Gasteiger partial charge in [-0.05, 0) is 44.6 Å². The molecule has 1 saturated heterocycles. The number of amides is 1. The number of rotatable bonds is 6. The molecule has 1 aliphatic rings. The Morgan fingerprint density at radius 3 is 2.69 bits per heavy atom. The molecule has 0 spiro atoms. The maximum absolute atomic E-state index is 13.7. The maximum Gasteiger partial charge on any atom is 0.264 e. The van der Waals surface area contributed by atoms with Crippen LogP contribution in [0.4, 0.5) is 0 Å². The highest BCUT2D eigenvalue weighted by Gasteiger charge is 2.25. The lowest BCUT2D eigenvalue weighted by molar-refractivity contribution is -0.131. The number of likely N-dealkylation sites (tertiary alicyclic amines) is 1. The second-order valence-corrected chi connectivity index (χ2v) is 11.6. The molecule has 1 unspecified atom stereocenters. The Balaban J connectivity index is 1.60. The van der Waals surface area contributed by atoms with Crippen molar-refractivity contribution in [3.63, 3.8) is 0 Å². The molecule has 1 atom stereocenters. The van der Waals surface area contributed by atoms with Crippen molar-refractivity contribution in [3.8, 4) is 11.1 Å². The first kappa shape index (κ1) is 24.1. The average Bonchev–Trinajstić information content (AvgIpc) is 3.45. The molecule has 35 heavy (non-hydrogen) atoms. The zero-order valence-corrected chi connectivity index (χ0v) is 22.3. The molecule has 0 saturated carbocycles. The summed E-state index contributed by atoms with van der Waals surface area (Å²) in [6.45, 7) is 9.73. The third kappa shape index (κ3) is 4.51. The lowest BCUT2D eigenvalue weighted by Crippen LogP contribution is -2.42. The topological polar surface area (TPSA) is 72.5 Å². The van der Waals surface area contributed by atoms with Gasteiger partial charge < -0.3 is 4.90 Å². The minimum Gasteiger partial charge on any atom is -0.339 e. The van der Waals surface area contributed by atoms with Gasteiger partial charge in [0, 0.05) is 30.1 Å². The van der Waals surface area contributed by atoms with Crippen molar-refractivity contribution in [3.05, 3.63) is 45.6 Å². The third-order valence-corrected chi connectivity index (χ3v) is 8.53. The van der Waals surface area contributed by atoms with Crippen LogP contribution in [0.25, 0.3) is 27.1 Å². The average molecular weight is 510 g/mol. The van der Waals surface area contributed by atoms with Crippen LogP contribution in [-0.2, 0) is 11.3 Å². The number of nitrogens with zero attached hydrogens (tertiary/aromatic N) is 5. The number of aryl methyl sites for hydroxylation is 1. The van der Waals surface area contributed by atoms with Gasteiger partial charge >= 0.3 is 0 Å². The summed E-state index contributed by atoms with van der Waals surface area (Å²) in [6.07, 6.45) is 3.30. The van der Waals surface area contributed by atoms with E-state index in [1.54, 1.807) is 4.57 Å². The van der Waals surface area contributed by atoms with Crippen molar-refractivity contribution < 1.29 is 4.79 Å². The maximum atomic E-state index is 13.7. The van der Waals surface area contributed by atoms with E-state index in [-0.39, 0.29) is 23.4 Å². The highest BCUT2D eigenvalue weighted by Crippen LogP contribution is 2.34. The number of aromatic nitrogens is 4. The zero-order chi connectivity index (χ0) is 24.7. The highest BCUT2D eigenvalue weighted by molar-refractivity contribution is 7.99. The number of hydrogen-bond acceptors (Lipinski definition) is 6. The molecule has 1 aliphatic heterocycles. The molecule has 5 rings (SSSR count). The molecule has 1 amide bonds. The number of hydrogen-bond donors (Lipinski definition) is 0. The quantitative estimate of drug-likeness (QED) is 0.333. The van der Waals surface area contributed by atoms with Gasteiger partial charge in [-0.1, -0.05) is 55.4 Å². The van der Waals surface area contributed by atoms with Crippen LogP contribution in [0.5, 0.6) is 0 Å². The summed E-state index contributed by atoms with van der Waals surface area (Å²) in [5.41, 5.74) is 3.08. The van der Waals surface area contributed by atoms with Crippen molar-refractivity contribution in [2.75, 3.05) is 12.3 Å². The number of piperidine rings is 1.